The molecule has 1 aromatic heterocycles. The fourth-order valence-electron chi connectivity index (χ4n) is 1.80. The van der Waals surface area contributed by atoms with Gasteiger partial charge in [0, 0.05) is 17.9 Å². The summed E-state index contributed by atoms with van der Waals surface area (Å²) in [4.78, 5) is 4.22. The van der Waals surface area contributed by atoms with Gasteiger partial charge in [0.15, 0.2) is 0 Å². The molecular formula is C11H16N2. The van der Waals surface area contributed by atoms with Crippen LogP contribution in [0, 0.1) is 0 Å². The number of aromatic nitrogens is 1. The summed E-state index contributed by atoms with van der Waals surface area (Å²) in [6, 6.07) is 2.20. The van der Waals surface area contributed by atoms with Crippen LogP contribution in [0.5, 0.6) is 0 Å². The second kappa shape index (κ2) is 3.11. The molecule has 13 heavy (non-hydrogen) atoms. The van der Waals surface area contributed by atoms with Crippen molar-refractivity contribution in [1.82, 2.24) is 4.98 Å². The molecule has 1 aliphatic carbocycles. The summed E-state index contributed by atoms with van der Waals surface area (Å²) in [7, 11) is 0. The second-order valence-corrected chi connectivity index (χ2v) is 3.95. The van der Waals surface area contributed by atoms with Crippen molar-refractivity contribution in [2.45, 2.75) is 38.1 Å². The first-order chi connectivity index (χ1) is 6.24. The van der Waals surface area contributed by atoms with Crippen LogP contribution in [0.4, 0.5) is 0 Å². The molecule has 2 rings (SSSR count). The predicted molar refractivity (Wildman–Crippen MR) is 53.3 cm³/mol. The molecule has 0 amide bonds. The van der Waals surface area contributed by atoms with Crippen LogP contribution < -0.4 is 5.73 Å². The van der Waals surface area contributed by atoms with Crippen LogP contribution in [-0.2, 0) is 12.0 Å². The van der Waals surface area contributed by atoms with E-state index in [9.17, 15) is 0 Å². The molecule has 1 saturated carbocycles. The maximum atomic E-state index is 6.21. The molecular weight excluding hydrogens is 160 g/mol. The molecule has 2 N–H and O–H groups in total. The van der Waals surface area contributed by atoms with Gasteiger partial charge in [-0.15, -0.1) is 0 Å². The van der Waals surface area contributed by atoms with E-state index >= 15 is 0 Å². The third-order valence-corrected chi connectivity index (χ3v) is 3.02. The number of pyridine rings is 1. The summed E-state index contributed by atoms with van der Waals surface area (Å²) in [6.45, 7) is 2.14. The highest BCUT2D eigenvalue weighted by Gasteiger charge is 2.34. The number of nitrogens with zero attached hydrogens (tertiary/aromatic N) is 1. The topological polar surface area (TPSA) is 38.9 Å². The molecule has 0 saturated heterocycles. The van der Waals surface area contributed by atoms with Crippen molar-refractivity contribution in [1.29, 1.82) is 0 Å². The van der Waals surface area contributed by atoms with Gasteiger partial charge in [-0.05, 0) is 36.8 Å². The normalized spacial score (nSPS) is 19.5. The van der Waals surface area contributed by atoms with Gasteiger partial charge in [0.1, 0.15) is 0 Å². The molecule has 0 atom stereocenters. The van der Waals surface area contributed by atoms with Crippen LogP contribution in [0.3, 0.4) is 0 Å². The Morgan fingerprint density at radius 2 is 2.23 bits per heavy atom. The molecule has 0 aliphatic heterocycles. The molecule has 1 aliphatic rings. The Bertz CT molecular complexity index is 303. The molecule has 0 bridgehead atoms. The van der Waals surface area contributed by atoms with E-state index < -0.39 is 0 Å². The van der Waals surface area contributed by atoms with Crippen LogP contribution in [-0.4, -0.2) is 4.98 Å². The van der Waals surface area contributed by atoms with E-state index in [0.29, 0.717) is 0 Å². The largest absolute Gasteiger partial charge is 0.321 e. The van der Waals surface area contributed by atoms with Crippen molar-refractivity contribution in [3.63, 3.8) is 0 Å². The number of nitrogens with two attached hydrogens (primary N) is 1. The van der Waals surface area contributed by atoms with Crippen LogP contribution in [0.2, 0.25) is 0 Å². The Balaban J connectivity index is 2.29. The Hall–Kier alpha value is -0.890. The van der Waals surface area contributed by atoms with Crippen molar-refractivity contribution in [3.8, 4) is 0 Å². The Labute approximate surface area is 79.2 Å². The highest BCUT2D eigenvalue weighted by molar-refractivity contribution is 5.27. The molecule has 0 radical (unpaired) electrons. The highest BCUT2D eigenvalue weighted by atomic mass is 14.8. The van der Waals surface area contributed by atoms with E-state index in [1.807, 2.05) is 12.4 Å². The smallest absolute Gasteiger partial charge is 0.0425 e. The minimum Gasteiger partial charge on any atom is -0.321 e. The molecule has 70 valence electrons. The molecule has 2 heteroatoms. The minimum atomic E-state index is -0.0574. The summed E-state index contributed by atoms with van der Waals surface area (Å²) < 4.78 is 0. The van der Waals surface area contributed by atoms with Crippen LogP contribution in [0.15, 0.2) is 18.5 Å². The van der Waals surface area contributed by atoms with Crippen molar-refractivity contribution in [2.24, 2.45) is 5.73 Å². The Morgan fingerprint density at radius 3 is 2.77 bits per heavy atom. The summed E-state index contributed by atoms with van der Waals surface area (Å²) in [5.74, 6) is 0. The van der Waals surface area contributed by atoms with Gasteiger partial charge < -0.3 is 5.73 Å². The fraction of sp³-hybridized carbons (Fsp3) is 0.545. The van der Waals surface area contributed by atoms with Crippen LogP contribution in [0.25, 0.3) is 0 Å². The second-order valence-electron chi connectivity index (χ2n) is 3.95. The lowest BCUT2D eigenvalue weighted by atomic mass is 9.73. The average Bonchev–Trinajstić information content (AvgIpc) is 2.14. The van der Waals surface area contributed by atoms with Crippen molar-refractivity contribution < 1.29 is 0 Å². The lowest BCUT2D eigenvalue weighted by Crippen LogP contribution is -2.43. The first kappa shape index (κ1) is 8.70. The molecule has 0 spiro atoms. The number of hydrogen-bond donors (Lipinski definition) is 1. The van der Waals surface area contributed by atoms with Gasteiger partial charge in [-0.3, -0.25) is 4.98 Å². The number of hydrogen-bond acceptors (Lipinski definition) is 2. The Kier molecular flexibility index (Phi) is 2.08. The van der Waals surface area contributed by atoms with E-state index in [1.54, 1.807) is 0 Å². The van der Waals surface area contributed by atoms with E-state index in [2.05, 4.69) is 18.0 Å². The lowest BCUT2D eigenvalue weighted by molar-refractivity contribution is 0.253. The minimum absolute atomic E-state index is 0.0574. The van der Waals surface area contributed by atoms with Crippen molar-refractivity contribution in [3.05, 3.63) is 29.6 Å². The van der Waals surface area contributed by atoms with Crippen molar-refractivity contribution >= 4 is 0 Å². The van der Waals surface area contributed by atoms with Crippen molar-refractivity contribution in [2.75, 3.05) is 0 Å². The van der Waals surface area contributed by atoms with Gasteiger partial charge >= 0.3 is 0 Å². The van der Waals surface area contributed by atoms with E-state index in [0.717, 1.165) is 19.3 Å². The van der Waals surface area contributed by atoms with Gasteiger partial charge in [-0.2, -0.15) is 0 Å². The van der Waals surface area contributed by atoms with E-state index in [4.69, 9.17) is 5.73 Å². The first-order valence-electron chi connectivity index (χ1n) is 4.98. The predicted octanol–water partition coefficient (Wildman–Crippen LogP) is 1.98. The molecule has 2 nitrogen and oxygen atoms in total. The molecule has 0 unspecified atom stereocenters. The summed E-state index contributed by atoms with van der Waals surface area (Å²) >= 11 is 0. The zero-order chi connectivity index (χ0) is 9.31. The summed E-state index contributed by atoms with van der Waals surface area (Å²) in [5, 5.41) is 0. The molecule has 1 aromatic rings. The number of rotatable bonds is 2. The lowest BCUT2D eigenvalue weighted by Gasteiger charge is -2.38. The molecule has 1 heterocycles. The van der Waals surface area contributed by atoms with Gasteiger partial charge in [-0.1, -0.05) is 13.0 Å². The zero-order valence-corrected chi connectivity index (χ0v) is 8.09. The molecule has 0 aromatic carbocycles. The quantitative estimate of drug-likeness (QED) is 0.748. The maximum absolute atomic E-state index is 6.21. The fourth-order valence-corrected chi connectivity index (χ4v) is 1.80. The number of aryl methyl sites for hydroxylation is 1. The zero-order valence-electron chi connectivity index (χ0n) is 8.09. The van der Waals surface area contributed by atoms with Gasteiger partial charge in [0.05, 0.1) is 0 Å². The monoisotopic (exact) mass is 176 g/mol. The third kappa shape index (κ3) is 1.46. The van der Waals surface area contributed by atoms with Crippen LogP contribution >= 0.6 is 0 Å². The van der Waals surface area contributed by atoms with Crippen LogP contribution in [0.1, 0.15) is 37.3 Å². The Morgan fingerprint density at radius 1 is 1.46 bits per heavy atom. The van der Waals surface area contributed by atoms with Gasteiger partial charge in [-0.25, -0.2) is 0 Å². The molecule has 1 fully saturated rings. The SMILES string of the molecule is CCc1cncc(C2(N)CCC2)c1. The van der Waals surface area contributed by atoms with Gasteiger partial charge in [0.2, 0.25) is 0 Å². The first-order valence-corrected chi connectivity index (χ1v) is 4.98. The van der Waals surface area contributed by atoms with E-state index in [1.165, 1.54) is 17.5 Å². The van der Waals surface area contributed by atoms with Gasteiger partial charge in [0.25, 0.3) is 0 Å². The maximum Gasteiger partial charge on any atom is 0.0425 e. The van der Waals surface area contributed by atoms with E-state index in [-0.39, 0.29) is 5.54 Å². The average molecular weight is 176 g/mol. The standard InChI is InChI=1S/C11H16N2/c1-2-9-6-10(8-13-7-9)11(12)4-3-5-11/h6-8H,2-5,12H2,1H3. The third-order valence-electron chi connectivity index (χ3n) is 3.02. The summed E-state index contributed by atoms with van der Waals surface area (Å²) in [6.07, 6.45) is 8.36. The highest BCUT2D eigenvalue weighted by Crippen LogP contribution is 2.38. The summed E-state index contributed by atoms with van der Waals surface area (Å²) in [5.41, 5.74) is 8.66.